The summed E-state index contributed by atoms with van der Waals surface area (Å²) >= 11 is 0. The predicted molar refractivity (Wildman–Crippen MR) is 138 cm³/mol. The Kier molecular flexibility index (Phi) is 7.04. The number of halogens is 2. The maximum atomic E-state index is 13.8. The van der Waals surface area contributed by atoms with E-state index < -0.39 is 18.1 Å². The lowest BCUT2D eigenvalue weighted by molar-refractivity contribution is -0.117. The van der Waals surface area contributed by atoms with Gasteiger partial charge in [0.2, 0.25) is 0 Å². The summed E-state index contributed by atoms with van der Waals surface area (Å²) in [5.41, 5.74) is 2.55. The van der Waals surface area contributed by atoms with Gasteiger partial charge < -0.3 is 10.2 Å². The van der Waals surface area contributed by atoms with Crippen LogP contribution in [-0.2, 0) is 9.63 Å². The Labute approximate surface area is 219 Å². The van der Waals surface area contributed by atoms with Crippen molar-refractivity contribution in [3.05, 3.63) is 11.6 Å². The van der Waals surface area contributed by atoms with Gasteiger partial charge in [0.25, 0.3) is 5.92 Å². The lowest BCUT2D eigenvalue weighted by Gasteiger charge is -2.58. The number of nitrogens with one attached hydrogen (secondary N) is 1. The van der Waals surface area contributed by atoms with Crippen LogP contribution < -0.4 is 5.32 Å². The molecule has 5 aliphatic rings. The van der Waals surface area contributed by atoms with E-state index in [1.165, 1.54) is 23.3 Å². The van der Waals surface area contributed by atoms with E-state index in [9.17, 15) is 18.4 Å². The molecule has 7 atom stereocenters. The highest BCUT2D eigenvalue weighted by Gasteiger charge is 2.59. The normalized spacial score (nSPS) is 40.9. The molecular weight excluding hydrogens is 476 g/mol. The van der Waals surface area contributed by atoms with Gasteiger partial charge >= 0.3 is 6.09 Å². The van der Waals surface area contributed by atoms with Gasteiger partial charge in [-0.05, 0) is 93.0 Å². The van der Waals surface area contributed by atoms with E-state index in [1.807, 2.05) is 13.0 Å². The van der Waals surface area contributed by atoms with Crippen molar-refractivity contribution in [2.45, 2.75) is 96.9 Å². The predicted octanol–water partition coefficient (Wildman–Crippen LogP) is 5.97. The van der Waals surface area contributed by atoms with E-state index in [0.717, 1.165) is 37.8 Å². The Hall–Kier alpha value is -1.83. The van der Waals surface area contributed by atoms with Gasteiger partial charge in [-0.2, -0.15) is 0 Å². The molecule has 37 heavy (non-hydrogen) atoms. The van der Waals surface area contributed by atoms with E-state index in [2.05, 4.69) is 24.3 Å². The summed E-state index contributed by atoms with van der Waals surface area (Å²) in [5.74, 6) is -0.222. The van der Waals surface area contributed by atoms with Crippen LogP contribution in [0, 0.1) is 34.5 Å². The summed E-state index contributed by atoms with van der Waals surface area (Å²) in [5, 5.41) is 7.10. The molecule has 0 aromatic carbocycles. The molecule has 206 valence electrons. The van der Waals surface area contributed by atoms with Crippen molar-refractivity contribution in [2.75, 3.05) is 20.1 Å². The zero-order valence-corrected chi connectivity index (χ0v) is 22.8. The quantitative estimate of drug-likeness (QED) is 0.276. The number of oxime groups is 1. The fourth-order valence-electron chi connectivity index (χ4n) is 8.95. The number of fused-ring (bicyclic) bond motifs is 5. The molecule has 1 amide bonds. The molecule has 5 rings (SSSR count). The molecule has 0 spiro atoms. The first-order chi connectivity index (χ1) is 17.5. The van der Waals surface area contributed by atoms with Crippen LogP contribution in [0.5, 0.6) is 0 Å². The maximum absolute atomic E-state index is 13.8. The second kappa shape index (κ2) is 9.73. The summed E-state index contributed by atoms with van der Waals surface area (Å²) < 4.78 is 27.7. The minimum absolute atomic E-state index is 0.134. The monoisotopic (exact) mass is 519 g/mol. The van der Waals surface area contributed by atoms with Gasteiger partial charge in [-0.15, -0.1) is 0 Å². The SMILES string of the molecule is C/C(=N\OC(=O)N(C)CCC1NCCC1(F)F)[C@H]1CC[C@H]2[C@@H]3CCC4=CC(=O)CC[C@]4(C)[C@H]3CC[C@]12C. The van der Waals surface area contributed by atoms with Gasteiger partial charge in [-0.3, -0.25) is 9.63 Å². The molecule has 1 aliphatic heterocycles. The zero-order chi connectivity index (χ0) is 26.6. The number of alkyl halides is 2. The van der Waals surface area contributed by atoms with Crippen molar-refractivity contribution in [1.82, 2.24) is 10.2 Å². The van der Waals surface area contributed by atoms with Gasteiger partial charge in [0.1, 0.15) is 0 Å². The number of carbonyl (C=O) groups excluding carboxylic acids is 2. The van der Waals surface area contributed by atoms with Crippen LogP contribution in [0.3, 0.4) is 0 Å². The molecule has 0 aromatic heterocycles. The van der Waals surface area contributed by atoms with E-state index in [4.69, 9.17) is 4.84 Å². The van der Waals surface area contributed by atoms with Crippen molar-refractivity contribution in [3.8, 4) is 0 Å². The average Bonchev–Trinajstić information content (AvgIpc) is 3.39. The van der Waals surface area contributed by atoms with Gasteiger partial charge in [0, 0.05) is 38.9 Å². The fourth-order valence-corrected chi connectivity index (χ4v) is 8.95. The number of nitrogens with zero attached hydrogens (tertiary/aromatic N) is 2. The minimum atomic E-state index is -2.73. The number of hydrogen-bond acceptors (Lipinski definition) is 5. The maximum Gasteiger partial charge on any atom is 0.435 e. The number of allylic oxidation sites excluding steroid dienone is 1. The van der Waals surface area contributed by atoms with Crippen LogP contribution in [0.4, 0.5) is 13.6 Å². The van der Waals surface area contributed by atoms with Crippen molar-refractivity contribution in [2.24, 2.45) is 39.7 Å². The smallest absolute Gasteiger partial charge is 0.309 e. The largest absolute Gasteiger partial charge is 0.435 e. The Bertz CT molecular complexity index is 997. The second-order valence-corrected chi connectivity index (χ2v) is 13.0. The van der Waals surface area contributed by atoms with Crippen molar-refractivity contribution in [3.63, 3.8) is 0 Å². The molecule has 0 radical (unpaired) electrons. The number of carbonyl (C=O) groups is 2. The highest BCUT2D eigenvalue weighted by Crippen LogP contribution is 2.66. The van der Waals surface area contributed by atoms with Crippen LogP contribution >= 0.6 is 0 Å². The van der Waals surface area contributed by atoms with Crippen LogP contribution in [0.15, 0.2) is 16.8 Å². The molecule has 1 unspecified atom stereocenters. The van der Waals surface area contributed by atoms with E-state index >= 15 is 0 Å². The van der Waals surface area contributed by atoms with Gasteiger partial charge in [-0.1, -0.05) is 24.6 Å². The molecule has 0 bridgehead atoms. The average molecular weight is 520 g/mol. The third-order valence-electron chi connectivity index (χ3n) is 11.2. The number of hydrogen-bond donors (Lipinski definition) is 1. The first kappa shape index (κ1) is 26.8. The Morgan fingerprint density at radius 2 is 1.92 bits per heavy atom. The highest BCUT2D eigenvalue weighted by molar-refractivity contribution is 5.91. The van der Waals surface area contributed by atoms with Gasteiger partial charge in [0.15, 0.2) is 5.78 Å². The molecule has 1 heterocycles. The fraction of sp³-hybridized carbons (Fsp3) is 0.828. The third-order valence-corrected chi connectivity index (χ3v) is 11.2. The summed E-state index contributed by atoms with van der Waals surface area (Å²) in [6.45, 7) is 7.27. The number of rotatable bonds is 5. The van der Waals surface area contributed by atoms with E-state index in [-0.39, 0.29) is 36.1 Å². The van der Waals surface area contributed by atoms with Crippen LogP contribution in [0.1, 0.15) is 85.0 Å². The number of ketones is 1. The summed E-state index contributed by atoms with van der Waals surface area (Å²) in [6.07, 6.45) is 9.77. The molecule has 3 saturated carbocycles. The topological polar surface area (TPSA) is 71.0 Å². The third kappa shape index (κ3) is 4.65. The lowest BCUT2D eigenvalue weighted by atomic mass is 9.46. The van der Waals surface area contributed by atoms with Crippen LogP contribution in [0.25, 0.3) is 0 Å². The molecular formula is C29H43F2N3O3. The van der Waals surface area contributed by atoms with Crippen molar-refractivity contribution >= 4 is 17.6 Å². The number of amides is 1. The first-order valence-corrected chi connectivity index (χ1v) is 14.3. The highest BCUT2D eigenvalue weighted by atomic mass is 19.3. The van der Waals surface area contributed by atoms with Crippen molar-refractivity contribution < 1.29 is 23.2 Å². The van der Waals surface area contributed by atoms with Crippen LogP contribution in [-0.4, -0.2) is 54.6 Å². The summed E-state index contributed by atoms with van der Waals surface area (Å²) in [6, 6.07) is -0.902. The van der Waals surface area contributed by atoms with Gasteiger partial charge in [0.05, 0.1) is 11.8 Å². The molecule has 0 aromatic rings. The van der Waals surface area contributed by atoms with Crippen molar-refractivity contribution in [1.29, 1.82) is 0 Å². The molecule has 4 fully saturated rings. The molecule has 6 nitrogen and oxygen atoms in total. The molecule has 4 aliphatic carbocycles. The minimum Gasteiger partial charge on any atom is -0.309 e. The van der Waals surface area contributed by atoms with Gasteiger partial charge in [-0.25, -0.2) is 13.6 Å². The zero-order valence-electron chi connectivity index (χ0n) is 22.8. The Morgan fingerprint density at radius 3 is 2.65 bits per heavy atom. The second-order valence-electron chi connectivity index (χ2n) is 13.0. The summed E-state index contributed by atoms with van der Waals surface area (Å²) in [4.78, 5) is 31.2. The van der Waals surface area contributed by atoms with E-state index in [1.54, 1.807) is 7.05 Å². The van der Waals surface area contributed by atoms with Crippen LogP contribution in [0.2, 0.25) is 0 Å². The Balaban J connectivity index is 1.20. The lowest BCUT2D eigenvalue weighted by Crippen LogP contribution is -2.51. The first-order valence-electron chi connectivity index (χ1n) is 14.3. The molecule has 1 saturated heterocycles. The summed E-state index contributed by atoms with van der Waals surface area (Å²) in [7, 11) is 1.57. The molecule has 8 heteroatoms. The Morgan fingerprint density at radius 1 is 1.14 bits per heavy atom. The molecule has 1 N–H and O–H groups in total. The van der Waals surface area contributed by atoms with E-state index in [0.29, 0.717) is 36.5 Å². The standard InChI is InChI=1S/C29H43F2N3O3/c1-18(33-37-26(36)34(4)16-11-25-29(30,31)14-15-32-25)22-7-8-23-21-6-5-19-17-20(35)9-12-27(19,2)24(21)10-13-28(22,23)3/h17,21-25,32H,5-16H2,1-4H3/b33-18+/t21-,22+,23-,24-,25?,27-,28+/m0/s1.